The predicted octanol–water partition coefficient (Wildman–Crippen LogP) is 3.99. The fourth-order valence-corrected chi connectivity index (χ4v) is 1.63. The van der Waals surface area contributed by atoms with Crippen LogP contribution in [-0.2, 0) is 0 Å². The zero-order valence-electron chi connectivity index (χ0n) is 10.4. The average molecular weight is 227 g/mol. The van der Waals surface area contributed by atoms with E-state index in [9.17, 15) is 0 Å². The van der Waals surface area contributed by atoms with Crippen molar-refractivity contribution in [2.45, 2.75) is 20.8 Å². The topological polar surface area (TPSA) is 35.2 Å². The van der Waals surface area contributed by atoms with Crippen LogP contribution in [0.4, 0.5) is 5.69 Å². The van der Waals surface area contributed by atoms with E-state index in [0.29, 0.717) is 11.4 Å². The third-order valence-electron chi connectivity index (χ3n) is 2.88. The van der Waals surface area contributed by atoms with E-state index in [-0.39, 0.29) is 0 Å². The highest BCUT2D eigenvalue weighted by molar-refractivity contribution is 5.55. The lowest BCUT2D eigenvalue weighted by Crippen LogP contribution is -1.93. The molecule has 17 heavy (non-hydrogen) atoms. The van der Waals surface area contributed by atoms with Crippen LogP contribution < -0.4 is 10.5 Å². The van der Waals surface area contributed by atoms with Gasteiger partial charge in [0.15, 0.2) is 5.75 Å². The second-order valence-electron chi connectivity index (χ2n) is 4.39. The summed E-state index contributed by atoms with van der Waals surface area (Å²) in [6.07, 6.45) is 0. The molecule has 2 aromatic carbocycles. The zero-order chi connectivity index (χ0) is 12.4. The largest absolute Gasteiger partial charge is 0.455 e. The Hall–Kier alpha value is -1.96. The number of anilines is 1. The van der Waals surface area contributed by atoms with Gasteiger partial charge in [-0.15, -0.1) is 0 Å². The number of hydrogen-bond donors (Lipinski definition) is 1. The van der Waals surface area contributed by atoms with E-state index in [0.717, 1.165) is 11.3 Å². The van der Waals surface area contributed by atoms with Gasteiger partial charge in [0, 0.05) is 0 Å². The average Bonchev–Trinajstić information content (AvgIpc) is 2.29. The minimum atomic E-state index is 0.661. The standard InChI is InChI=1S/C15H17NO/c1-10-4-7-14(16)15(8-10)17-13-6-5-11(2)12(3)9-13/h4-9H,16H2,1-3H3. The van der Waals surface area contributed by atoms with Gasteiger partial charge in [-0.3, -0.25) is 0 Å². The fourth-order valence-electron chi connectivity index (χ4n) is 1.63. The van der Waals surface area contributed by atoms with Crippen LogP contribution in [0.25, 0.3) is 0 Å². The summed E-state index contributed by atoms with van der Waals surface area (Å²) in [5.74, 6) is 1.54. The normalized spacial score (nSPS) is 10.3. The monoisotopic (exact) mass is 227 g/mol. The zero-order valence-corrected chi connectivity index (χ0v) is 10.4. The summed E-state index contributed by atoms with van der Waals surface area (Å²) in [5.41, 5.74) is 10.2. The maximum absolute atomic E-state index is 5.88. The maximum atomic E-state index is 5.88. The second kappa shape index (κ2) is 4.50. The highest BCUT2D eigenvalue weighted by atomic mass is 16.5. The number of benzene rings is 2. The Bertz CT molecular complexity index is 547. The summed E-state index contributed by atoms with van der Waals surface area (Å²) in [7, 11) is 0. The minimum Gasteiger partial charge on any atom is -0.455 e. The Morgan fingerprint density at radius 2 is 1.65 bits per heavy atom. The molecule has 2 heteroatoms. The van der Waals surface area contributed by atoms with Gasteiger partial charge in [-0.1, -0.05) is 12.1 Å². The van der Waals surface area contributed by atoms with Crippen molar-refractivity contribution in [3.63, 3.8) is 0 Å². The Kier molecular flexibility index (Phi) is 3.05. The van der Waals surface area contributed by atoms with Gasteiger partial charge in [0.25, 0.3) is 0 Å². The van der Waals surface area contributed by atoms with Crippen LogP contribution in [-0.4, -0.2) is 0 Å². The van der Waals surface area contributed by atoms with Crippen LogP contribution in [0.1, 0.15) is 16.7 Å². The number of aryl methyl sites for hydroxylation is 3. The van der Waals surface area contributed by atoms with Gasteiger partial charge in [-0.05, 0) is 61.7 Å². The van der Waals surface area contributed by atoms with Crippen molar-refractivity contribution in [3.05, 3.63) is 53.1 Å². The lowest BCUT2D eigenvalue weighted by Gasteiger charge is -2.10. The van der Waals surface area contributed by atoms with Crippen molar-refractivity contribution >= 4 is 5.69 Å². The summed E-state index contributed by atoms with van der Waals surface area (Å²) >= 11 is 0. The first-order valence-corrected chi connectivity index (χ1v) is 5.67. The molecule has 0 spiro atoms. The van der Waals surface area contributed by atoms with E-state index in [2.05, 4.69) is 19.9 Å². The molecular formula is C15H17NO. The number of nitrogen functional groups attached to an aromatic ring is 1. The number of hydrogen-bond acceptors (Lipinski definition) is 2. The molecule has 0 aliphatic carbocycles. The molecule has 0 unspecified atom stereocenters. The van der Waals surface area contributed by atoms with Gasteiger partial charge < -0.3 is 10.5 Å². The quantitative estimate of drug-likeness (QED) is 0.787. The summed E-state index contributed by atoms with van der Waals surface area (Å²) < 4.78 is 5.80. The number of ether oxygens (including phenoxy) is 1. The molecule has 0 amide bonds. The molecule has 0 atom stereocenters. The summed E-state index contributed by atoms with van der Waals surface area (Å²) in [6.45, 7) is 6.18. The lowest BCUT2D eigenvalue weighted by atomic mass is 10.1. The molecule has 2 aromatic rings. The fraction of sp³-hybridized carbons (Fsp3) is 0.200. The molecule has 2 rings (SSSR count). The SMILES string of the molecule is Cc1ccc(N)c(Oc2ccc(C)c(C)c2)c1. The third kappa shape index (κ3) is 2.59. The Labute approximate surface area is 102 Å². The van der Waals surface area contributed by atoms with Crippen molar-refractivity contribution < 1.29 is 4.74 Å². The first-order chi connectivity index (χ1) is 8.06. The van der Waals surface area contributed by atoms with Crippen molar-refractivity contribution in [2.75, 3.05) is 5.73 Å². The van der Waals surface area contributed by atoms with Gasteiger partial charge in [0.1, 0.15) is 5.75 Å². The van der Waals surface area contributed by atoms with Gasteiger partial charge in [-0.25, -0.2) is 0 Å². The lowest BCUT2D eigenvalue weighted by molar-refractivity contribution is 0.484. The Morgan fingerprint density at radius 1 is 0.882 bits per heavy atom. The number of nitrogens with two attached hydrogens (primary N) is 1. The molecule has 0 aliphatic rings. The molecule has 0 radical (unpaired) electrons. The van der Waals surface area contributed by atoms with Crippen LogP contribution in [0.5, 0.6) is 11.5 Å². The third-order valence-corrected chi connectivity index (χ3v) is 2.88. The van der Waals surface area contributed by atoms with E-state index in [1.54, 1.807) is 0 Å². The van der Waals surface area contributed by atoms with E-state index in [1.165, 1.54) is 11.1 Å². The van der Waals surface area contributed by atoms with Crippen LogP contribution in [0.15, 0.2) is 36.4 Å². The van der Waals surface area contributed by atoms with Gasteiger partial charge in [-0.2, -0.15) is 0 Å². The van der Waals surface area contributed by atoms with E-state index in [1.807, 2.05) is 37.3 Å². The maximum Gasteiger partial charge on any atom is 0.150 e. The van der Waals surface area contributed by atoms with Crippen LogP contribution in [0.3, 0.4) is 0 Å². The van der Waals surface area contributed by atoms with E-state index in [4.69, 9.17) is 10.5 Å². The first-order valence-electron chi connectivity index (χ1n) is 5.67. The van der Waals surface area contributed by atoms with E-state index >= 15 is 0 Å². The highest BCUT2D eigenvalue weighted by Crippen LogP contribution is 2.29. The number of rotatable bonds is 2. The molecule has 0 bridgehead atoms. The predicted molar refractivity (Wildman–Crippen MR) is 71.6 cm³/mol. The molecule has 0 heterocycles. The molecule has 88 valence electrons. The van der Waals surface area contributed by atoms with Crippen molar-refractivity contribution in [1.29, 1.82) is 0 Å². The van der Waals surface area contributed by atoms with Crippen molar-refractivity contribution in [2.24, 2.45) is 0 Å². The molecule has 2 N–H and O–H groups in total. The smallest absolute Gasteiger partial charge is 0.150 e. The highest BCUT2D eigenvalue weighted by Gasteiger charge is 2.03. The Balaban J connectivity index is 2.31. The molecule has 0 saturated carbocycles. The first kappa shape index (κ1) is 11.5. The van der Waals surface area contributed by atoms with Gasteiger partial charge in [0.2, 0.25) is 0 Å². The molecule has 0 aromatic heterocycles. The summed E-state index contributed by atoms with van der Waals surface area (Å²) in [5, 5.41) is 0. The van der Waals surface area contributed by atoms with Crippen molar-refractivity contribution in [1.82, 2.24) is 0 Å². The molecule has 0 aliphatic heterocycles. The van der Waals surface area contributed by atoms with Crippen LogP contribution in [0.2, 0.25) is 0 Å². The van der Waals surface area contributed by atoms with Gasteiger partial charge >= 0.3 is 0 Å². The van der Waals surface area contributed by atoms with Crippen molar-refractivity contribution in [3.8, 4) is 11.5 Å². The summed E-state index contributed by atoms with van der Waals surface area (Å²) in [4.78, 5) is 0. The Morgan fingerprint density at radius 3 is 2.35 bits per heavy atom. The summed E-state index contributed by atoms with van der Waals surface area (Å²) in [6, 6.07) is 11.8. The molecular weight excluding hydrogens is 210 g/mol. The molecule has 0 fully saturated rings. The van der Waals surface area contributed by atoms with Crippen LogP contribution >= 0.6 is 0 Å². The van der Waals surface area contributed by atoms with E-state index < -0.39 is 0 Å². The van der Waals surface area contributed by atoms with Gasteiger partial charge in [0.05, 0.1) is 5.69 Å². The molecule has 2 nitrogen and oxygen atoms in total. The molecule has 0 saturated heterocycles. The second-order valence-corrected chi connectivity index (χ2v) is 4.39. The van der Waals surface area contributed by atoms with Crippen LogP contribution in [0, 0.1) is 20.8 Å². The minimum absolute atomic E-state index is 0.661.